The van der Waals surface area contributed by atoms with E-state index >= 15 is 0 Å². The van der Waals surface area contributed by atoms with Gasteiger partial charge < -0.3 is 15.2 Å². The van der Waals surface area contributed by atoms with Crippen molar-refractivity contribution in [3.63, 3.8) is 0 Å². The van der Waals surface area contributed by atoms with Crippen molar-refractivity contribution in [2.24, 2.45) is 0 Å². The number of phenols is 1. The van der Waals surface area contributed by atoms with E-state index < -0.39 is 5.41 Å². The van der Waals surface area contributed by atoms with E-state index in [1.54, 1.807) is 19.2 Å². The maximum Gasteiger partial charge on any atom is 0.234 e. The summed E-state index contributed by atoms with van der Waals surface area (Å²) in [5, 5.41) is 12.1. The Morgan fingerprint density at radius 1 is 1.05 bits per heavy atom. The number of anilines is 1. The van der Waals surface area contributed by atoms with E-state index in [0.29, 0.717) is 5.69 Å². The molecule has 0 aliphatic heterocycles. The minimum absolute atomic E-state index is 0.113. The Morgan fingerprint density at radius 3 is 2.14 bits per heavy atom. The average Bonchev–Trinajstić information content (AvgIpc) is 2.49. The van der Waals surface area contributed by atoms with Crippen molar-refractivity contribution in [3.05, 3.63) is 54.1 Å². The predicted molar refractivity (Wildman–Crippen MR) is 82.8 cm³/mol. The number of hydrogen-bond acceptors (Lipinski definition) is 3. The summed E-state index contributed by atoms with van der Waals surface area (Å²) in [5.74, 6) is 0.814. The van der Waals surface area contributed by atoms with Gasteiger partial charge in [0.15, 0.2) is 0 Å². The zero-order valence-electron chi connectivity index (χ0n) is 12.4. The highest BCUT2D eigenvalue weighted by molar-refractivity contribution is 5.98. The van der Waals surface area contributed by atoms with Crippen molar-refractivity contribution < 1.29 is 14.6 Å². The molecule has 0 aromatic heterocycles. The topological polar surface area (TPSA) is 58.6 Å². The molecule has 0 bridgehead atoms. The van der Waals surface area contributed by atoms with Gasteiger partial charge in [0.2, 0.25) is 5.91 Å². The third-order valence-electron chi connectivity index (χ3n) is 3.50. The van der Waals surface area contributed by atoms with Crippen LogP contribution < -0.4 is 10.1 Å². The largest absolute Gasteiger partial charge is 0.508 e. The Balaban J connectivity index is 2.17. The predicted octanol–water partition coefficient (Wildman–Crippen LogP) is 3.32. The summed E-state index contributed by atoms with van der Waals surface area (Å²) in [4.78, 5) is 12.5. The molecule has 2 rings (SSSR count). The van der Waals surface area contributed by atoms with Gasteiger partial charge >= 0.3 is 0 Å². The molecule has 2 N–H and O–H groups in total. The first-order valence-electron chi connectivity index (χ1n) is 6.68. The lowest BCUT2D eigenvalue weighted by atomic mass is 9.83. The second kappa shape index (κ2) is 5.87. The first-order chi connectivity index (χ1) is 9.93. The van der Waals surface area contributed by atoms with Crippen LogP contribution in [0.2, 0.25) is 0 Å². The number of carbonyl (C=O) groups excluding carboxylic acids is 1. The first-order valence-corrected chi connectivity index (χ1v) is 6.68. The molecule has 0 unspecified atom stereocenters. The van der Waals surface area contributed by atoms with Gasteiger partial charge in [0, 0.05) is 5.69 Å². The number of methoxy groups -OCH3 is 1. The van der Waals surface area contributed by atoms with Gasteiger partial charge in [-0.2, -0.15) is 0 Å². The molecule has 110 valence electrons. The fraction of sp³-hybridized carbons (Fsp3) is 0.235. The molecule has 0 radical (unpaired) electrons. The number of benzene rings is 2. The van der Waals surface area contributed by atoms with Gasteiger partial charge in [0.25, 0.3) is 0 Å². The van der Waals surface area contributed by atoms with Crippen LogP contribution in [-0.4, -0.2) is 18.1 Å². The Kier molecular flexibility index (Phi) is 4.17. The van der Waals surface area contributed by atoms with Crippen LogP contribution in [0.15, 0.2) is 48.5 Å². The minimum atomic E-state index is -0.676. The van der Waals surface area contributed by atoms with Gasteiger partial charge in [-0.15, -0.1) is 0 Å². The second-order valence-corrected chi connectivity index (χ2v) is 5.35. The molecule has 0 fully saturated rings. The van der Waals surface area contributed by atoms with Crippen molar-refractivity contribution in [1.29, 1.82) is 0 Å². The maximum absolute atomic E-state index is 12.5. The van der Waals surface area contributed by atoms with E-state index in [2.05, 4.69) is 5.32 Å². The van der Waals surface area contributed by atoms with Crippen LogP contribution in [0, 0.1) is 0 Å². The fourth-order valence-electron chi connectivity index (χ4n) is 1.97. The molecular weight excluding hydrogens is 266 g/mol. The molecule has 0 spiro atoms. The normalized spacial score (nSPS) is 11.0. The molecule has 4 nitrogen and oxygen atoms in total. The summed E-state index contributed by atoms with van der Waals surface area (Å²) in [6, 6.07) is 13.8. The van der Waals surface area contributed by atoms with Crippen LogP contribution in [0.5, 0.6) is 11.5 Å². The summed E-state index contributed by atoms with van der Waals surface area (Å²) < 4.78 is 5.12. The molecule has 21 heavy (non-hydrogen) atoms. The van der Waals surface area contributed by atoms with Crippen molar-refractivity contribution in [3.8, 4) is 11.5 Å². The van der Waals surface area contributed by atoms with Crippen LogP contribution in [0.1, 0.15) is 19.4 Å². The molecule has 0 saturated heterocycles. The summed E-state index contributed by atoms with van der Waals surface area (Å²) in [5.41, 5.74) is 0.878. The fourth-order valence-corrected chi connectivity index (χ4v) is 1.97. The maximum atomic E-state index is 12.5. The number of ether oxygens (including phenoxy) is 1. The molecule has 0 atom stereocenters. The number of carbonyl (C=O) groups is 1. The molecule has 0 aliphatic carbocycles. The third kappa shape index (κ3) is 3.34. The van der Waals surface area contributed by atoms with E-state index in [1.165, 1.54) is 12.1 Å². The highest BCUT2D eigenvalue weighted by Crippen LogP contribution is 2.27. The standard InChI is InChI=1S/C17H19NO3/c1-17(2,12-4-10-15(21-3)11-5-12)16(20)18-13-6-8-14(19)9-7-13/h4-11,19H,1-3H3,(H,18,20). The van der Waals surface area contributed by atoms with Crippen LogP contribution in [-0.2, 0) is 10.2 Å². The van der Waals surface area contributed by atoms with E-state index in [1.807, 2.05) is 38.1 Å². The zero-order chi connectivity index (χ0) is 15.5. The summed E-state index contributed by atoms with van der Waals surface area (Å²) in [7, 11) is 1.61. The lowest BCUT2D eigenvalue weighted by Crippen LogP contribution is -2.34. The van der Waals surface area contributed by atoms with E-state index in [-0.39, 0.29) is 11.7 Å². The highest BCUT2D eigenvalue weighted by Gasteiger charge is 2.29. The third-order valence-corrected chi connectivity index (χ3v) is 3.50. The molecule has 2 aromatic rings. The van der Waals surface area contributed by atoms with Gasteiger partial charge in [0.05, 0.1) is 12.5 Å². The summed E-state index contributed by atoms with van der Waals surface area (Å²) in [6.07, 6.45) is 0. The van der Waals surface area contributed by atoms with Crippen molar-refractivity contribution >= 4 is 11.6 Å². The first kappa shape index (κ1) is 14.9. The van der Waals surface area contributed by atoms with Crippen LogP contribution in [0.3, 0.4) is 0 Å². The van der Waals surface area contributed by atoms with E-state index in [0.717, 1.165) is 11.3 Å². The van der Waals surface area contributed by atoms with Crippen molar-refractivity contribution in [2.45, 2.75) is 19.3 Å². The van der Waals surface area contributed by atoms with E-state index in [4.69, 9.17) is 4.74 Å². The molecule has 0 heterocycles. The average molecular weight is 285 g/mol. The van der Waals surface area contributed by atoms with Crippen molar-refractivity contribution in [2.75, 3.05) is 12.4 Å². The van der Waals surface area contributed by atoms with Gasteiger partial charge in [-0.1, -0.05) is 12.1 Å². The van der Waals surface area contributed by atoms with Crippen LogP contribution in [0.4, 0.5) is 5.69 Å². The Bertz CT molecular complexity index is 615. The monoisotopic (exact) mass is 285 g/mol. The molecule has 4 heteroatoms. The quantitative estimate of drug-likeness (QED) is 0.847. The Hall–Kier alpha value is -2.49. The van der Waals surface area contributed by atoms with Crippen LogP contribution >= 0.6 is 0 Å². The number of rotatable bonds is 4. The smallest absolute Gasteiger partial charge is 0.234 e. The molecule has 0 saturated carbocycles. The summed E-state index contributed by atoms with van der Waals surface area (Å²) >= 11 is 0. The van der Waals surface area contributed by atoms with Gasteiger partial charge in [-0.25, -0.2) is 0 Å². The van der Waals surface area contributed by atoms with Gasteiger partial charge in [-0.3, -0.25) is 4.79 Å². The molecule has 2 aromatic carbocycles. The van der Waals surface area contributed by atoms with Crippen LogP contribution in [0.25, 0.3) is 0 Å². The Labute approximate surface area is 124 Å². The zero-order valence-corrected chi connectivity index (χ0v) is 12.4. The van der Waals surface area contributed by atoms with Gasteiger partial charge in [0.1, 0.15) is 11.5 Å². The molecular formula is C17H19NO3. The lowest BCUT2D eigenvalue weighted by Gasteiger charge is -2.24. The van der Waals surface area contributed by atoms with Gasteiger partial charge in [-0.05, 0) is 55.8 Å². The SMILES string of the molecule is COc1ccc(C(C)(C)C(=O)Nc2ccc(O)cc2)cc1. The number of amides is 1. The number of nitrogens with one attached hydrogen (secondary N) is 1. The van der Waals surface area contributed by atoms with E-state index in [9.17, 15) is 9.90 Å². The molecule has 0 aliphatic rings. The number of aromatic hydroxyl groups is 1. The highest BCUT2D eigenvalue weighted by atomic mass is 16.5. The number of hydrogen-bond donors (Lipinski definition) is 2. The minimum Gasteiger partial charge on any atom is -0.508 e. The lowest BCUT2D eigenvalue weighted by molar-refractivity contribution is -0.120. The molecule has 1 amide bonds. The number of phenolic OH excluding ortho intramolecular Hbond substituents is 1. The summed E-state index contributed by atoms with van der Waals surface area (Å²) in [6.45, 7) is 3.73. The van der Waals surface area contributed by atoms with Crippen molar-refractivity contribution in [1.82, 2.24) is 0 Å². The second-order valence-electron chi connectivity index (χ2n) is 5.35. The Morgan fingerprint density at radius 2 is 1.62 bits per heavy atom.